The Morgan fingerprint density at radius 1 is 0.920 bits per heavy atom. The zero-order valence-corrected chi connectivity index (χ0v) is 14.4. The minimum absolute atomic E-state index is 0.146. The lowest BCUT2D eigenvalue weighted by molar-refractivity contribution is 0.190. The fourth-order valence-corrected chi connectivity index (χ4v) is 2.52. The molecule has 0 spiro atoms. The Morgan fingerprint density at radius 3 is 2.24 bits per heavy atom. The lowest BCUT2D eigenvalue weighted by atomic mass is 10.2. The summed E-state index contributed by atoms with van der Waals surface area (Å²) in [7, 11) is 1.69. The summed E-state index contributed by atoms with van der Waals surface area (Å²) < 4.78 is 5.20. The number of hydrogen-bond acceptors (Lipinski definition) is 5. The molecule has 25 heavy (non-hydrogen) atoms. The third-order valence-corrected chi connectivity index (χ3v) is 3.62. The zero-order chi connectivity index (χ0) is 17.5. The quantitative estimate of drug-likeness (QED) is 0.673. The Bertz CT molecular complexity index is 793. The van der Waals surface area contributed by atoms with E-state index < -0.39 is 0 Å². The maximum Gasteiger partial charge on any atom is 0.163 e. The molecule has 2 N–H and O–H groups in total. The highest BCUT2D eigenvalue weighted by molar-refractivity contribution is 5.65. The molecule has 5 nitrogen and oxygen atoms in total. The first-order chi connectivity index (χ1) is 12.2. The number of methoxy groups -OCH3 is 1. The van der Waals surface area contributed by atoms with Gasteiger partial charge in [0.1, 0.15) is 11.6 Å². The molecule has 5 heteroatoms. The van der Waals surface area contributed by atoms with Crippen LogP contribution in [-0.2, 0) is 4.74 Å². The molecular weight excluding hydrogens is 312 g/mol. The van der Waals surface area contributed by atoms with Crippen molar-refractivity contribution in [3.05, 3.63) is 66.7 Å². The monoisotopic (exact) mass is 334 g/mol. The second kappa shape index (κ2) is 8.26. The second-order valence-electron chi connectivity index (χ2n) is 5.82. The van der Waals surface area contributed by atoms with Crippen LogP contribution in [0.15, 0.2) is 66.7 Å². The third kappa shape index (κ3) is 4.78. The normalized spacial score (nSPS) is 11.8. The molecule has 0 aliphatic carbocycles. The minimum Gasteiger partial charge on any atom is -0.383 e. The lowest BCUT2D eigenvalue weighted by Crippen LogP contribution is -2.21. The summed E-state index contributed by atoms with van der Waals surface area (Å²) in [5.41, 5.74) is 1.96. The Morgan fingerprint density at radius 2 is 1.56 bits per heavy atom. The molecule has 128 valence electrons. The third-order valence-electron chi connectivity index (χ3n) is 3.62. The Labute approximate surface area is 148 Å². The molecular formula is C20H22N4O. The van der Waals surface area contributed by atoms with Crippen LogP contribution in [0.2, 0.25) is 0 Å². The highest BCUT2D eigenvalue weighted by atomic mass is 16.5. The van der Waals surface area contributed by atoms with Crippen LogP contribution in [0.1, 0.15) is 6.92 Å². The van der Waals surface area contributed by atoms with E-state index in [9.17, 15) is 0 Å². The van der Waals surface area contributed by atoms with Crippen molar-refractivity contribution in [3.8, 4) is 11.4 Å². The number of anilines is 3. The van der Waals surface area contributed by atoms with Crippen LogP contribution in [0.5, 0.6) is 0 Å². The summed E-state index contributed by atoms with van der Waals surface area (Å²) in [6.07, 6.45) is 0. The van der Waals surface area contributed by atoms with Crippen LogP contribution in [-0.4, -0.2) is 29.7 Å². The topological polar surface area (TPSA) is 59.1 Å². The van der Waals surface area contributed by atoms with Gasteiger partial charge < -0.3 is 15.4 Å². The molecule has 1 unspecified atom stereocenters. The van der Waals surface area contributed by atoms with Crippen LogP contribution in [0, 0.1) is 0 Å². The molecule has 1 aromatic heterocycles. The molecule has 1 atom stereocenters. The van der Waals surface area contributed by atoms with Crippen LogP contribution in [0.25, 0.3) is 11.4 Å². The summed E-state index contributed by atoms with van der Waals surface area (Å²) in [6, 6.07) is 22.0. The molecule has 0 bridgehead atoms. The summed E-state index contributed by atoms with van der Waals surface area (Å²) in [5, 5.41) is 6.70. The average molecular weight is 334 g/mol. The van der Waals surface area contributed by atoms with Gasteiger partial charge in [0.05, 0.1) is 6.61 Å². The van der Waals surface area contributed by atoms with E-state index in [4.69, 9.17) is 4.74 Å². The van der Waals surface area contributed by atoms with Crippen molar-refractivity contribution < 1.29 is 4.74 Å². The lowest BCUT2D eigenvalue weighted by Gasteiger charge is -2.15. The summed E-state index contributed by atoms with van der Waals surface area (Å²) in [6.45, 7) is 2.66. The number of benzene rings is 2. The molecule has 0 saturated carbocycles. The van der Waals surface area contributed by atoms with Gasteiger partial charge in [-0.25, -0.2) is 9.97 Å². The van der Waals surface area contributed by atoms with E-state index >= 15 is 0 Å². The highest BCUT2D eigenvalue weighted by Gasteiger charge is 2.09. The van der Waals surface area contributed by atoms with Crippen molar-refractivity contribution in [1.82, 2.24) is 9.97 Å². The molecule has 0 aliphatic rings. The molecule has 1 heterocycles. The van der Waals surface area contributed by atoms with Gasteiger partial charge in [0.2, 0.25) is 0 Å². The number of aromatic nitrogens is 2. The Hall–Kier alpha value is -2.92. The first-order valence-electron chi connectivity index (χ1n) is 8.26. The van der Waals surface area contributed by atoms with E-state index in [1.165, 1.54) is 0 Å². The predicted octanol–water partition coefficient (Wildman–Crippen LogP) is 4.33. The number of hydrogen-bond donors (Lipinski definition) is 2. The minimum atomic E-state index is 0.146. The number of nitrogens with zero attached hydrogens (tertiary/aromatic N) is 2. The Balaban J connectivity index is 1.93. The SMILES string of the molecule is COCC(C)Nc1cc(Nc2ccccc2)nc(-c2ccccc2)n1. The van der Waals surface area contributed by atoms with Crippen molar-refractivity contribution in [2.45, 2.75) is 13.0 Å². The maximum absolute atomic E-state index is 5.20. The summed E-state index contributed by atoms with van der Waals surface area (Å²) in [5.74, 6) is 2.18. The predicted molar refractivity (Wildman–Crippen MR) is 102 cm³/mol. The van der Waals surface area contributed by atoms with Gasteiger partial charge in [0.15, 0.2) is 5.82 Å². The van der Waals surface area contributed by atoms with E-state index in [0.717, 1.165) is 22.9 Å². The largest absolute Gasteiger partial charge is 0.383 e. The van der Waals surface area contributed by atoms with Crippen molar-refractivity contribution in [1.29, 1.82) is 0 Å². The molecule has 0 aliphatic heterocycles. The van der Waals surface area contributed by atoms with E-state index in [2.05, 4.69) is 27.5 Å². The van der Waals surface area contributed by atoms with E-state index in [-0.39, 0.29) is 6.04 Å². The second-order valence-corrected chi connectivity index (χ2v) is 5.82. The van der Waals surface area contributed by atoms with Crippen molar-refractivity contribution >= 4 is 17.3 Å². The van der Waals surface area contributed by atoms with Crippen molar-refractivity contribution in [2.75, 3.05) is 24.4 Å². The standard InChI is InChI=1S/C20H22N4O/c1-15(14-25-2)21-18-13-19(22-17-11-7-4-8-12-17)24-20(23-18)16-9-5-3-6-10-16/h3-13,15H,14H2,1-2H3,(H2,21,22,23,24). The molecule has 0 amide bonds. The van der Waals surface area contributed by atoms with Gasteiger partial charge in [0.25, 0.3) is 0 Å². The van der Waals surface area contributed by atoms with Gasteiger partial charge in [-0.1, -0.05) is 48.5 Å². The zero-order valence-electron chi connectivity index (χ0n) is 14.4. The highest BCUT2D eigenvalue weighted by Crippen LogP contribution is 2.23. The number of rotatable bonds is 7. The van der Waals surface area contributed by atoms with Crippen LogP contribution < -0.4 is 10.6 Å². The van der Waals surface area contributed by atoms with E-state index in [0.29, 0.717) is 12.4 Å². The molecule has 2 aromatic carbocycles. The van der Waals surface area contributed by atoms with Crippen molar-refractivity contribution in [2.24, 2.45) is 0 Å². The van der Waals surface area contributed by atoms with Gasteiger partial charge in [-0.05, 0) is 19.1 Å². The number of para-hydroxylation sites is 1. The van der Waals surface area contributed by atoms with Gasteiger partial charge in [-0.3, -0.25) is 0 Å². The van der Waals surface area contributed by atoms with Crippen LogP contribution in [0.3, 0.4) is 0 Å². The van der Waals surface area contributed by atoms with E-state index in [1.807, 2.05) is 66.7 Å². The first kappa shape index (κ1) is 16.9. The maximum atomic E-state index is 5.20. The van der Waals surface area contributed by atoms with Gasteiger partial charge >= 0.3 is 0 Å². The molecule has 0 fully saturated rings. The summed E-state index contributed by atoms with van der Waals surface area (Å²) >= 11 is 0. The van der Waals surface area contributed by atoms with Crippen LogP contribution >= 0.6 is 0 Å². The summed E-state index contributed by atoms with van der Waals surface area (Å²) in [4.78, 5) is 9.31. The average Bonchev–Trinajstić information content (AvgIpc) is 2.63. The molecule has 0 saturated heterocycles. The fraction of sp³-hybridized carbons (Fsp3) is 0.200. The van der Waals surface area contributed by atoms with Gasteiger partial charge in [-0.15, -0.1) is 0 Å². The molecule has 0 radical (unpaired) electrons. The van der Waals surface area contributed by atoms with Gasteiger partial charge in [-0.2, -0.15) is 0 Å². The van der Waals surface area contributed by atoms with Gasteiger partial charge in [0, 0.05) is 30.5 Å². The van der Waals surface area contributed by atoms with Crippen LogP contribution in [0.4, 0.5) is 17.3 Å². The smallest absolute Gasteiger partial charge is 0.163 e. The molecule has 3 aromatic rings. The number of ether oxygens (including phenoxy) is 1. The molecule has 3 rings (SSSR count). The van der Waals surface area contributed by atoms with Crippen molar-refractivity contribution in [3.63, 3.8) is 0 Å². The van der Waals surface area contributed by atoms with E-state index in [1.54, 1.807) is 7.11 Å². The fourth-order valence-electron chi connectivity index (χ4n) is 2.52. The Kier molecular flexibility index (Phi) is 5.59. The number of nitrogens with one attached hydrogen (secondary N) is 2. The first-order valence-corrected chi connectivity index (χ1v) is 8.26.